The average molecular weight is 594 g/mol. The van der Waals surface area contributed by atoms with Crippen molar-refractivity contribution in [2.24, 2.45) is 0 Å². The number of anilines is 1. The third kappa shape index (κ3) is 4.71. The average Bonchev–Trinajstić information content (AvgIpc) is 3.46. The number of carbonyl (C=O) groups is 2. The van der Waals surface area contributed by atoms with Gasteiger partial charge in [-0.25, -0.2) is 14.8 Å². The first kappa shape index (κ1) is 27.7. The zero-order valence-electron chi connectivity index (χ0n) is 25.0. The number of rotatable bonds is 5. The van der Waals surface area contributed by atoms with E-state index in [1.165, 1.54) is 24.8 Å². The van der Waals surface area contributed by atoms with Crippen molar-refractivity contribution in [3.8, 4) is 21.8 Å². The second kappa shape index (κ2) is 10.6. The van der Waals surface area contributed by atoms with E-state index in [0.717, 1.165) is 72.9 Å². The molecule has 1 aliphatic carbocycles. The van der Waals surface area contributed by atoms with Crippen molar-refractivity contribution in [2.45, 2.75) is 58.4 Å². The fourth-order valence-corrected chi connectivity index (χ4v) is 7.92. The van der Waals surface area contributed by atoms with Gasteiger partial charge in [0.05, 0.1) is 55.9 Å². The summed E-state index contributed by atoms with van der Waals surface area (Å²) in [4.78, 5) is 40.8. The monoisotopic (exact) mass is 593 g/mol. The summed E-state index contributed by atoms with van der Waals surface area (Å²) >= 11 is 1.64. The van der Waals surface area contributed by atoms with Crippen LogP contribution in [-0.2, 0) is 11.3 Å². The van der Waals surface area contributed by atoms with Gasteiger partial charge in [0.15, 0.2) is 0 Å². The molecule has 2 aromatic carbocycles. The zero-order valence-corrected chi connectivity index (χ0v) is 25.8. The fourth-order valence-electron chi connectivity index (χ4n) is 7.03. The van der Waals surface area contributed by atoms with E-state index in [4.69, 9.17) is 4.98 Å². The van der Waals surface area contributed by atoms with E-state index in [-0.39, 0.29) is 18.0 Å². The molecule has 0 atom stereocenters. The van der Waals surface area contributed by atoms with Crippen molar-refractivity contribution in [3.63, 3.8) is 0 Å². The minimum absolute atomic E-state index is 0.0362. The van der Waals surface area contributed by atoms with E-state index in [9.17, 15) is 14.7 Å². The highest BCUT2D eigenvalue weighted by Crippen LogP contribution is 2.48. The van der Waals surface area contributed by atoms with Crippen molar-refractivity contribution in [3.05, 3.63) is 64.3 Å². The van der Waals surface area contributed by atoms with E-state index < -0.39 is 5.97 Å². The van der Waals surface area contributed by atoms with Gasteiger partial charge in [0.2, 0.25) is 5.91 Å². The van der Waals surface area contributed by atoms with Gasteiger partial charge < -0.3 is 9.67 Å². The van der Waals surface area contributed by atoms with Crippen molar-refractivity contribution < 1.29 is 14.7 Å². The molecule has 1 fully saturated rings. The van der Waals surface area contributed by atoms with Gasteiger partial charge in [-0.3, -0.25) is 14.6 Å². The van der Waals surface area contributed by atoms with Crippen molar-refractivity contribution in [1.29, 1.82) is 0 Å². The molecule has 0 saturated heterocycles. The molecule has 3 aromatic heterocycles. The Morgan fingerprint density at radius 3 is 2.53 bits per heavy atom. The van der Waals surface area contributed by atoms with Crippen LogP contribution < -0.4 is 4.90 Å². The van der Waals surface area contributed by atoms with E-state index >= 15 is 0 Å². The molecule has 0 spiro atoms. The molecule has 0 unspecified atom stereocenters. The van der Waals surface area contributed by atoms with Gasteiger partial charge in [-0.05, 0) is 82.6 Å². The minimum Gasteiger partial charge on any atom is -0.478 e. The van der Waals surface area contributed by atoms with Crippen LogP contribution in [0.2, 0.25) is 0 Å². The zero-order chi connectivity index (χ0) is 30.0. The molecule has 9 heteroatoms. The SMILES string of the molecule is Cc1nc(C)c(-c2ccc3cc4c(cc3n2)N(CN(C)C)C(=O)Cn2c-4c(C3CCCCC3)c3ccc(C(=O)O)cc32)s1. The lowest BCUT2D eigenvalue weighted by Crippen LogP contribution is -2.39. The third-order valence-corrected chi connectivity index (χ3v) is 9.97. The Labute approximate surface area is 254 Å². The van der Waals surface area contributed by atoms with Crippen LogP contribution >= 0.6 is 11.3 Å². The largest absolute Gasteiger partial charge is 0.478 e. The Kier molecular flexibility index (Phi) is 6.82. The number of hydrogen-bond donors (Lipinski definition) is 1. The van der Waals surface area contributed by atoms with Crippen molar-refractivity contribution in [1.82, 2.24) is 19.4 Å². The van der Waals surface area contributed by atoms with Crippen LogP contribution in [0.15, 0.2) is 42.5 Å². The Bertz CT molecular complexity index is 1930. The summed E-state index contributed by atoms with van der Waals surface area (Å²) in [6.07, 6.45) is 5.75. The molecule has 5 aromatic rings. The number of amides is 1. The molecule has 0 radical (unpaired) electrons. The summed E-state index contributed by atoms with van der Waals surface area (Å²) in [5, 5.41) is 12.9. The quantitative estimate of drug-likeness (QED) is 0.232. The van der Waals surface area contributed by atoms with Crippen LogP contribution in [0.5, 0.6) is 0 Å². The Morgan fingerprint density at radius 1 is 1.05 bits per heavy atom. The first-order chi connectivity index (χ1) is 20.7. The Morgan fingerprint density at radius 2 is 1.84 bits per heavy atom. The molecule has 1 saturated carbocycles. The molecule has 4 heterocycles. The first-order valence-corrected chi connectivity index (χ1v) is 15.8. The summed E-state index contributed by atoms with van der Waals surface area (Å²) in [7, 11) is 3.93. The molecule has 1 amide bonds. The lowest BCUT2D eigenvalue weighted by Gasteiger charge is -2.27. The second-order valence-electron chi connectivity index (χ2n) is 12.2. The molecule has 1 aliphatic heterocycles. The number of aryl methyl sites for hydroxylation is 2. The Balaban J connectivity index is 1.53. The maximum absolute atomic E-state index is 14.1. The van der Waals surface area contributed by atoms with Gasteiger partial charge in [-0.15, -0.1) is 11.3 Å². The lowest BCUT2D eigenvalue weighted by molar-refractivity contribution is -0.119. The molecule has 2 aliphatic rings. The predicted molar refractivity (Wildman–Crippen MR) is 172 cm³/mol. The van der Waals surface area contributed by atoms with Gasteiger partial charge >= 0.3 is 5.97 Å². The van der Waals surface area contributed by atoms with Crippen LogP contribution in [0.4, 0.5) is 5.69 Å². The normalized spacial score (nSPS) is 15.7. The van der Waals surface area contributed by atoms with Crippen LogP contribution in [0.1, 0.15) is 64.6 Å². The lowest BCUT2D eigenvalue weighted by atomic mass is 9.81. The van der Waals surface area contributed by atoms with Crippen LogP contribution in [0.3, 0.4) is 0 Å². The highest BCUT2D eigenvalue weighted by Gasteiger charge is 2.34. The number of benzene rings is 2. The molecule has 0 bridgehead atoms. The Hall–Kier alpha value is -4.08. The van der Waals surface area contributed by atoms with Crippen LogP contribution in [0.25, 0.3) is 43.6 Å². The van der Waals surface area contributed by atoms with E-state index in [2.05, 4.69) is 33.8 Å². The minimum atomic E-state index is -0.967. The number of carboxylic acids is 1. The second-order valence-corrected chi connectivity index (χ2v) is 13.4. The van der Waals surface area contributed by atoms with E-state index in [1.807, 2.05) is 43.8 Å². The van der Waals surface area contributed by atoms with Gasteiger partial charge in [0.1, 0.15) is 6.54 Å². The van der Waals surface area contributed by atoms with Gasteiger partial charge in [-0.2, -0.15) is 0 Å². The van der Waals surface area contributed by atoms with Gasteiger partial charge in [-0.1, -0.05) is 31.4 Å². The number of carboxylic acid groups (broad SMARTS) is 1. The molecule has 1 N–H and O–H groups in total. The van der Waals surface area contributed by atoms with Gasteiger partial charge in [0.25, 0.3) is 0 Å². The highest BCUT2D eigenvalue weighted by atomic mass is 32.1. The number of hydrogen-bond acceptors (Lipinski definition) is 6. The number of aromatic carboxylic acids is 1. The topological polar surface area (TPSA) is 91.6 Å². The van der Waals surface area contributed by atoms with Crippen LogP contribution in [0, 0.1) is 13.8 Å². The van der Waals surface area contributed by atoms with E-state index in [1.54, 1.807) is 23.5 Å². The molecular weight excluding hydrogens is 558 g/mol. The molecular formula is C34H35N5O3S. The summed E-state index contributed by atoms with van der Waals surface area (Å²) in [6, 6.07) is 13.8. The maximum Gasteiger partial charge on any atom is 0.335 e. The predicted octanol–water partition coefficient (Wildman–Crippen LogP) is 7.21. The van der Waals surface area contributed by atoms with Gasteiger partial charge in [0, 0.05) is 16.3 Å². The molecule has 43 heavy (non-hydrogen) atoms. The number of carbonyl (C=O) groups excluding carboxylic acids is 1. The van der Waals surface area contributed by atoms with Crippen molar-refractivity contribution in [2.75, 3.05) is 25.7 Å². The number of pyridine rings is 1. The highest BCUT2D eigenvalue weighted by molar-refractivity contribution is 7.15. The fraction of sp³-hybridized carbons (Fsp3) is 0.353. The number of fused-ring (bicyclic) bond motifs is 6. The molecule has 7 rings (SSSR count). The summed E-state index contributed by atoms with van der Waals surface area (Å²) in [5.74, 6) is -0.656. The standard InChI is InChI=1S/C34H35N5O3S/c1-19-33(43-20(2)35-19)26-13-11-22-14-25-29(16-27(22)36-26)39(18-37(3)4)30(40)17-38-28-15-23(34(41)42)10-12-24(28)31(32(25)38)21-8-6-5-7-9-21/h10-16,21H,5-9,17-18H2,1-4H3,(H,41,42). The smallest absolute Gasteiger partial charge is 0.335 e. The van der Waals surface area contributed by atoms with E-state index in [0.29, 0.717) is 12.6 Å². The first-order valence-electron chi connectivity index (χ1n) is 14.9. The van der Waals surface area contributed by atoms with Crippen LogP contribution in [-0.4, -0.2) is 57.2 Å². The summed E-state index contributed by atoms with van der Waals surface area (Å²) in [5.41, 5.74) is 7.83. The third-order valence-electron chi connectivity index (χ3n) is 8.87. The number of nitrogens with zero attached hydrogens (tertiary/aromatic N) is 5. The maximum atomic E-state index is 14.1. The molecule has 8 nitrogen and oxygen atoms in total. The molecule has 220 valence electrons. The number of aromatic nitrogens is 3. The summed E-state index contributed by atoms with van der Waals surface area (Å²) < 4.78 is 2.08. The summed E-state index contributed by atoms with van der Waals surface area (Å²) in [6.45, 7) is 4.58. The van der Waals surface area contributed by atoms with Crippen molar-refractivity contribution >= 4 is 50.7 Å². The number of thiazole rings is 1.